The van der Waals surface area contributed by atoms with Gasteiger partial charge in [0.1, 0.15) is 0 Å². The summed E-state index contributed by atoms with van der Waals surface area (Å²) in [6.45, 7) is 2.16. The van der Waals surface area contributed by atoms with Gasteiger partial charge in [0.15, 0.2) is 0 Å². The Bertz CT molecular complexity index is 238. The molecule has 1 aliphatic rings. The van der Waals surface area contributed by atoms with Crippen molar-refractivity contribution in [2.45, 2.75) is 19.8 Å². The number of hydrogen-bond donors (Lipinski definition) is 2. The lowest BCUT2D eigenvalue weighted by molar-refractivity contribution is 0.748. The van der Waals surface area contributed by atoms with Gasteiger partial charge in [0.05, 0.1) is 0 Å². The summed E-state index contributed by atoms with van der Waals surface area (Å²) in [5.41, 5.74) is 7.99. The van der Waals surface area contributed by atoms with Crippen molar-refractivity contribution in [1.82, 2.24) is 0 Å². The number of thiol groups is 1. The fraction of sp³-hybridized carbons (Fsp3) is 0.400. The van der Waals surface area contributed by atoms with Gasteiger partial charge in [0.2, 0.25) is 0 Å². The van der Waals surface area contributed by atoms with E-state index >= 15 is 0 Å². The lowest BCUT2D eigenvalue weighted by Gasteiger charge is -2.15. The van der Waals surface area contributed by atoms with E-state index < -0.39 is 0 Å². The van der Waals surface area contributed by atoms with E-state index in [-0.39, 0.29) is 0 Å². The van der Waals surface area contributed by atoms with Gasteiger partial charge in [0.25, 0.3) is 0 Å². The molecule has 2 N–H and O–H groups in total. The maximum absolute atomic E-state index is 5.74. The van der Waals surface area contributed by atoms with E-state index in [0.717, 1.165) is 18.5 Å². The fourth-order valence-electron chi connectivity index (χ4n) is 1.27. The molecule has 0 aromatic rings. The Labute approximate surface area is 79.4 Å². The lowest BCUT2D eigenvalue weighted by atomic mass is 9.94. The molecule has 0 fully saturated rings. The van der Waals surface area contributed by atoms with E-state index in [1.165, 1.54) is 5.57 Å². The SMILES string of the molecule is CCC1=CCC(/C(N)=C/S)C=C1. The van der Waals surface area contributed by atoms with Crippen molar-refractivity contribution in [3.8, 4) is 0 Å². The molecule has 0 bridgehead atoms. The second-order valence-corrected chi connectivity index (χ2v) is 3.22. The summed E-state index contributed by atoms with van der Waals surface area (Å²) in [5, 5.41) is 1.68. The van der Waals surface area contributed by atoms with Crippen molar-refractivity contribution in [1.29, 1.82) is 0 Å². The molecule has 0 aromatic heterocycles. The summed E-state index contributed by atoms with van der Waals surface area (Å²) >= 11 is 4.03. The standard InChI is InChI=1S/C10H15NS/c1-2-8-3-5-9(6-4-8)10(11)7-12/h3-5,7,9,12H,2,6,11H2,1H3/b10-7-. The first-order valence-electron chi connectivity index (χ1n) is 4.25. The highest BCUT2D eigenvalue weighted by molar-refractivity contribution is 7.83. The van der Waals surface area contributed by atoms with Gasteiger partial charge < -0.3 is 5.73 Å². The maximum Gasteiger partial charge on any atom is 0.0215 e. The zero-order chi connectivity index (χ0) is 8.97. The summed E-state index contributed by atoms with van der Waals surface area (Å²) in [5.74, 6) is 0.359. The zero-order valence-corrected chi connectivity index (χ0v) is 8.22. The first-order chi connectivity index (χ1) is 5.77. The molecule has 1 aliphatic carbocycles. The van der Waals surface area contributed by atoms with Crippen LogP contribution in [0.25, 0.3) is 0 Å². The number of rotatable bonds is 2. The van der Waals surface area contributed by atoms with Crippen molar-refractivity contribution in [2.24, 2.45) is 11.7 Å². The Balaban J connectivity index is 2.60. The molecule has 2 heteroatoms. The van der Waals surface area contributed by atoms with Crippen LogP contribution in [0.4, 0.5) is 0 Å². The van der Waals surface area contributed by atoms with Crippen molar-refractivity contribution < 1.29 is 0 Å². The maximum atomic E-state index is 5.74. The predicted octanol–water partition coefficient (Wildman–Crippen LogP) is 2.63. The first kappa shape index (κ1) is 9.46. The Morgan fingerprint density at radius 3 is 3.00 bits per heavy atom. The molecule has 1 nitrogen and oxygen atoms in total. The van der Waals surface area contributed by atoms with E-state index in [1.54, 1.807) is 5.41 Å². The first-order valence-corrected chi connectivity index (χ1v) is 4.76. The molecule has 1 rings (SSSR count). The minimum absolute atomic E-state index is 0.359. The topological polar surface area (TPSA) is 26.0 Å². The monoisotopic (exact) mass is 181 g/mol. The highest BCUT2D eigenvalue weighted by atomic mass is 32.1. The van der Waals surface area contributed by atoms with Crippen molar-refractivity contribution in [3.05, 3.63) is 34.9 Å². The molecule has 1 unspecified atom stereocenters. The van der Waals surface area contributed by atoms with Crippen LogP contribution in [0.2, 0.25) is 0 Å². The van der Waals surface area contributed by atoms with Crippen molar-refractivity contribution in [2.75, 3.05) is 0 Å². The molecule has 0 amide bonds. The van der Waals surface area contributed by atoms with Gasteiger partial charge in [-0.15, -0.1) is 12.6 Å². The van der Waals surface area contributed by atoms with E-state index in [2.05, 4.69) is 37.8 Å². The van der Waals surface area contributed by atoms with Crippen LogP contribution in [-0.2, 0) is 0 Å². The number of hydrogen-bond acceptors (Lipinski definition) is 2. The van der Waals surface area contributed by atoms with E-state index in [1.807, 2.05) is 0 Å². The van der Waals surface area contributed by atoms with Gasteiger partial charge in [-0.25, -0.2) is 0 Å². The molecule has 0 saturated heterocycles. The normalized spacial score (nSPS) is 24.0. The number of allylic oxidation sites excluding steroid dienone is 4. The Morgan fingerprint density at radius 1 is 1.83 bits per heavy atom. The van der Waals surface area contributed by atoms with Gasteiger partial charge >= 0.3 is 0 Å². The van der Waals surface area contributed by atoms with Crippen LogP contribution in [0.1, 0.15) is 19.8 Å². The van der Waals surface area contributed by atoms with Crippen LogP contribution in [0.3, 0.4) is 0 Å². The molecule has 0 aromatic carbocycles. The molecule has 0 radical (unpaired) electrons. The van der Waals surface area contributed by atoms with Crippen molar-refractivity contribution in [3.63, 3.8) is 0 Å². The molecular formula is C10H15NS. The summed E-state index contributed by atoms with van der Waals surface area (Å²) in [4.78, 5) is 0. The molecule has 0 aliphatic heterocycles. The minimum atomic E-state index is 0.359. The van der Waals surface area contributed by atoms with Crippen LogP contribution < -0.4 is 5.73 Å². The highest BCUT2D eigenvalue weighted by Gasteiger charge is 2.09. The van der Waals surface area contributed by atoms with Crippen LogP contribution >= 0.6 is 12.6 Å². The molecule has 1 atom stereocenters. The quantitative estimate of drug-likeness (QED) is 0.629. The molecule has 0 spiro atoms. The Kier molecular flexibility index (Phi) is 3.48. The fourth-order valence-corrected chi connectivity index (χ4v) is 1.46. The summed E-state index contributed by atoms with van der Waals surface area (Å²) in [7, 11) is 0. The largest absolute Gasteiger partial charge is 0.401 e. The summed E-state index contributed by atoms with van der Waals surface area (Å²) in [6.07, 6.45) is 8.67. The minimum Gasteiger partial charge on any atom is -0.401 e. The van der Waals surface area contributed by atoms with Crippen LogP contribution in [0.15, 0.2) is 34.9 Å². The predicted molar refractivity (Wildman–Crippen MR) is 56.9 cm³/mol. The second-order valence-electron chi connectivity index (χ2n) is 2.96. The lowest BCUT2D eigenvalue weighted by Crippen LogP contribution is -2.10. The molecule has 0 heterocycles. The highest BCUT2D eigenvalue weighted by Crippen LogP contribution is 2.22. The molecular weight excluding hydrogens is 166 g/mol. The van der Waals surface area contributed by atoms with E-state index in [9.17, 15) is 0 Å². The average Bonchev–Trinajstić information content (AvgIpc) is 2.17. The second kappa shape index (κ2) is 4.41. The third-order valence-corrected chi connectivity index (χ3v) is 2.46. The van der Waals surface area contributed by atoms with Crippen LogP contribution in [-0.4, -0.2) is 0 Å². The van der Waals surface area contributed by atoms with Gasteiger partial charge in [0, 0.05) is 11.6 Å². The van der Waals surface area contributed by atoms with Crippen molar-refractivity contribution >= 4 is 12.6 Å². The average molecular weight is 181 g/mol. The number of nitrogens with two attached hydrogens (primary N) is 1. The Morgan fingerprint density at radius 2 is 2.58 bits per heavy atom. The van der Waals surface area contributed by atoms with Gasteiger partial charge in [-0.1, -0.05) is 30.7 Å². The molecule has 12 heavy (non-hydrogen) atoms. The van der Waals surface area contributed by atoms with E-state index in [0.29, 0.717) is 5.92 Å². The van der Waals surface area contributed by atoms with Crippen LogP contribution in [0.5, 0.6) is 0 Å². The smallest absolute Gasteiger partial charge is 0.0215 e. The third kappa shape index (κ3) is 2.18. The van der Waals surface area contributed by atoms with Gasteiger partial charge in [-0.05, 0) is 18.2 Å². The van der Waals surface area contributed by atoms with Gasteiger partial charge in [-0.2, -0.15) is 0 Å². The van der Waals surface area contributed by atoms with E-state index in [4.69, 9.17) is 5.73 Å². The zero-order valence-electron chi connectivity index (χ0n) is 7.33. The third-order valence-electron chi connectivity index (χ3n) is 2.16. The Hall–Kier alpha value is -0.630. The molecule has 66 valence electrons. The molecule has 0 saturated carbocycles. The van der Waals surface area contributed by atoms with Crippen LogP contribution in [0, 0.1) is 5.92 Å². The summed E-state index contributed by atoms with van der Waals surface area (Å²) < 4.78 is 0. The van der Waals surface area contributed by atoms with Gasteiger partial charge in [-0.3, -0.25) is 0 Å². The summed E-state index contributed by atoms with van der Waals surface area (Å²) in [6, 6.07) is 0.